The molecule has 2 aromatic carbocycles. The molecule has 0 aliphatic carbocycles. The fraction of sp³-hybridized carbons (Fsp3) is 0.235. The second kappa shape index (κ2) is 7.28. The van der Waals surface area contributed by atoms with E-state index >= 15 is 0 Å². The summed E-state index contributed by atoms with van der Waals surface area (Å²) in [5.41, 5.74) is 0.598. The molecule has 0 fully saturated rings. The van der Waals surface area contributed by atoms with Gasteiger partial charge in [-0.25, -0.2) is 13.2 Å². The quantitative estimate of drug-likeness (QED) is 0.823. The molecule has 6 heteroatoms. The molecule has 0 aliphatic rings. The molecule has 0 aromatic heterocycles. The summed E-state index contributed by atoms with van der Waals surface area (Å²) in [5.74, 6) is -4.87. The maximum Gasteiger partial charge on any atom is 0.241 e. The van der Waals surface area contributed by atoms with Crippen molar-refractivity contribution in [2.24, 2.45) is 0 Å². The average molecular weight is 322 g/mol. The Labute approximate surface area is 132 Å². The van der Waals surface area contributed by atoms with Crippen LogP contribution in [0, 0.1) is 17.5 Å². The van der Waals surface area contributed by atoms with Crippen LogP contribution in [0.5, 0.6) is 0 Å². The van der Waals surface area contributed by atoms with Crippen LogP contribution < -0.4 is 10.6 Å². The number of halogens is 3. The largest absolute Gasteiger partial charge is 0.322 e. The second-order valence-electron chi connectivity index (χ2n) is 5.23. The fourth-order valence-electron chi connectivity index (χ4n) is 2.15. The topological polar surface area (TPSA) is 41.1 Å². The molecule has 0 bridgehead atoms. The van der Waals surface area contributed by atoms with E-state index in [1.165, 1.54) is 0 Å². The van der Waals surface area contributed by atoms with Gasteiger partial charge in [-0.1, -0.05) is 30.3 Å². The van der Waals surface area contributed by atoms with Gasteiger partial charge < -0.3 is 5.32 Å². The van der Waals surface area contributed by atoms with Crippen molar-refractivity contribution in [3.05, 3.63) is 65.5 Å². The van der Waals surface area contributed by atoms with Crippen molar-refractivity contribution >= 4 is 11.6 Å². The molecule has 0 saturated carbocycles. The lowest BCUT2D eigenvalue weighted by Gasteiger charge is -2.20. The van der Waals surface area contributed by atoms with Gasteiger partial charge in [-0.15, -0.1) is 0 Å². The highest BCUT2D eigenvalue weighted by molar-refractivity contribution is 5.94. The van der Waals surface area contributed by atoms with Crippen molar-refractivity contribution in [2.75, 3.05) is 5.32 Å². The van der Waals surface area contributed by atoms with Gasteiger partial charge in [-0.05, 0) is 31.5 Å². The van der Waals surface area contributed by atoms with E-state index in [2.05, 4.69) is 10.6 Å². The number of benzene rings is 2. The van der Waals surface area contributed by atoms with Crippen LogP contribution in [0.25, 0.3) is 0 Å². The van der Waals surface area contributed by atoms with Gasteiger partial charge in [0.25, 0.3) is 0 Å². The van der Waals surface area contributed by atoms with Crippen LogP contribution in [0.2, 0.25) is 0 Å². The summed E-state index contributed by atoms with van der Waals surface area (Å²) in [4.78, 5) is 12.1. The Kier molecular flexibility index (Phi) is 5.39. The minimum Gasteiger partial charge on any atom is -0.322 e. The number of nitrogens with one attached hydrogen (secondary N) is 2. The van der Waals surface area contributed by atoms with Crippen LogP contribution in [0.3, 0.4) is 0 Å². The summed E-state index contributed by atoms with van der Waals surface area (Å²) in [7, 11) is 0. The van der Waals surface area contributed by atoms with Gasteiger partial charge in [-0.2, -0.15) is 0 Å². The lowest BCUT2D eigenvalue weighted by Crippen LogP contribution is -2.39. The summed E-state index contributed by atoms with van der Waals surface area (Å²) < 4.78 is 39.6. The molecule has 122 valence electrons. The molecule has 23 heavy (non-hydrogen) atoms. The van der Waals surface area contributed by atoms with E-state index in [4.69, 9.17) is 0 Å². The monoisotopic (exact) mass is 322 g/mol. The van der Waals surface area contributed by atoms with Crippen molar-refractivity contribution in [1.29, 1.82) is 0 Å². The van der Waals surface area contributed by atoms with Crippen LogP contribution in [0.1, 0.15) is 25.5 Å². The molecule has 0 unspecified atom stereocenters. The molecule has 0 saturated heterocycles. The van der Waals surface area contributed by atoms with Crippen molar-refractivity contribution in [3.63, 3.8) is 0 Å². The number of carbonyl (C=O) groups excluding carboxylic acids is 1. The van der Waals surface area contributed by atoms with Crippen molar-refractivity contribution in [3.8, 4) is 0 Å². The first-order valence-electron chi connectivity index (χ1n) is 7.15. The van der Waals surface area contributed by atoms with E-state index in [-0.39, 0.29) is 6.04 Å². The average Bonchev–Trinajstić information content (AvgIpc) is 2.56. The smallest absolute Gasteiger partial charge is 0.241 e. The van der Waals surface area contributed by atoms with Crippen LogP contribution >= 0.6 is 0 Å². The first kappa shape index (κ1) is 17.0. The molecule has 2 aromatic rings. The molecule has 0 radical (unpaired) electrons. The molecule has 2 rings (SSSR count). The predicted octanol–water partition coefficient (Wildman–Crippen LogP) is 3.78. The first-order valence-corrected chi connectivity index (χ1v) is 7.15. The van der Waals surface area contributed by atoms with E-state index in [0.717, 1.165) is 17.7 Å². The van der Waals surface area contributed by atoms with Crippen molar-refractivity contribution in [2.45, 2.75) is 25.9 Å². The molecule has 3 nitrogen and oxygen atoms in total. The van der Waals surface area contributed by atoms with Crippen LogP contribution in [0.15, 0.2) is 42.5 Å². The number of hydrogen-bond acceptors (Lipinski definition) is 2. The maximum atomic E-state index is 13.6. The number of rotatable bonds is 5. The first-order chi connectivity index (χ1) is 10.9. The normalized spacial score (nSPS) is 13.4. The summed E-state index contributed by atoms with van der Waals surface area (Å²) in [6.45, 7) is 3.49. The van der Waals surface area contributed by atoms with Crippen LogP contribution in [-0.4, -0.2) is 11.9 Å². The van der Waals surface area contributed by atoms with E-state index in [1.54, 1.807) is 6.92 Å². The van der Waals surface area contributed by atoms with E-state index in [0.29, 0.717) is 0 Å². The number of hydrogen-bond donors (Lipinski definition) is 2. The van der Waals surface area contributed by atoms with Gasteiger partial charge >= 0.3 is 0 Å². The Morgan fingerprint density at radius 3 is 2.26 bits per heavy atom. The Hall–Kier alpha value is -2.34. The van der Waals surface area contributed by atoms with E-state index in [9.17, 15) is 18.0 Å². The van der Waals surface area contributed by atoms with Gasteiger partial charge in [0.15, 0.2) is 17.5 Å². The molecule has 0 spiro atoms. The predicted molar refractivity (Wildman–Crippen MR) is 82.4 cm³/mol. The highest BCUT2D eigenvalue weighted by Gasteiger charge is 2.20. The zero-order chi connectivity index (χ0) is 17.0. The summed E-state index contributed by atoms with van der Waals surface area (Å²) in [5, 5.41) is 5.31. The fourth-order valence-corrected chi connectivity index (χ4v) is 2.15. The second-order valence-corrected chi connectivity index (χ2v) is 5.23. The van der Waals surface area contributed by atoms with E-state index in [1.807, 2.05) is 37.3 Å². The molecule has 0 aliphatic heterocycles. The SMILES string of the molecule is C[C@H](N[C@H](C)C(=O)Nc1ccc(F)c(F)c1F)c1ccccc1. The van der Waals surface area contributed by atoms with Crippen LogP contribution in [0.4, 0.5) is 18.9 Å². The standard InChI is InChI=1S/C17H17F3N2O/c1-10(12-6-4-3-5-7-12)21-11(2)17(23)22-14-9-8-13(18)15(19)16(14)20/h3-11,21H,1-2H3,(H,22,23)/t10-,11+/m0/s1. The highest BCUT2D eigenvalue weighted by Crippen LogP contribution is 2.20. The van der Waals surface area contributed by atoms with Crippen molar-refractivity contribution in [1.82, 2.24) is 5.32 Å². The molecular weight excluding hydrogens is 305 g/mol. The number of anilines is 1. The Balaban J connectivity index is 2.02. The maximum absolute atomic E-state index is 13.6. The minimum atomic E-state index is -1.61. The third-order valence-corrected chi connectivity index (χ3v) is 3.49. The molecule has 0 heterocycles. The summed E-state index contributed by atoms with van der Waals surface area (Å²) in [6, 6.07) is 10.5. The number of amides is 1. The van der Waals surface area contributed by atoms with E-state index < -0.39 is 35.1 Å². The molecule has 2 N–H and O–H groups in total. The zero-order valence-electron chi connectivity index (χ0n) is 12.7. The highest BCUT2D eigenvalue weighted by atomic mass is 19.2. The minimum absolute atomic E-state index is 0.105. The molecule has 1 amide bonds. The Morgan fingerprint density at radius 1 is 0.957 bits per heavy atom. The third-order valence-electron chi connectivity index (χ3n) is 3.49. The molecular formula is C17H17F3N2O. The lowest BCUT2D eigenvalue weighted by molar-refractivity contribution is -0.118. The van der Waals surface area contributed by atoms with Crippen molar-refractivity contribution < 1.29 is 18.0 Å². The number of carbonyl (C=O) groups is 1. The summed E-state index contributed by atoms with van der Waals surface area (Å²) in [6.07, 6.45) is 0. The van der Waals surface area contributed by atoms with Gasteiger partial charge in [0, 0.05) is 6.04 Å². The molecule has 2 atom stereocenters. The zero-order valence-corrected chi connectivity index (χ0v) is 12.7. The lowest BCUT2D eigenvalue weighted by atomic mass is 10.1. The summed E-state index contributed by atoms with van der Waals surface area (Å²) >= 11 is 0. The van der Waals surface area contributed by atoms with Gasteiger partial charge in [0.05, 0.1) is 11.7 Å². The van der Waals surface area contributed by atoms with Crippen LogP contribution in [-0.2, 0) is 4.79 Å². The van der Waals surface area contributed by atoms with Gasteiger partial charge in [0.2, 0.25) is 5.91 Å². The Morgan fingerprint density at radius 2 is 1.61 bits per heavy atom. The Bertz CT molecular complexity index is 692. The third kappa shape index (κ3) is 4.10. The van der Waals surface area contributed by atoms with Gasteiger partial charge in [-0.3, -0.25) is 10.1 Å². The van der Waals surface area contributed by atoms with Gasteiger partial charge in [0.1, 0.15) is 0 Å².